The molecule has 0 radical (unpaired) electrons. The summed E-state index contributed by atoms with van der Waals surface area (Å²) in [6.45, 7) is 3.50. The van der Waals surface area contributed by atoms with Crippen molar-refractivity contribution in [3.05, 3.63) is 16.3 Å². The topological polar surface area (TPSA) is 98.3 Å². The zero-order chi connectivity index (χ0) is 13.2. The lowest BCUT2D eigenvalue weighted by Crippen LogP contribution is -2.22. The van der Waals surface area contributed by atoms with Gasteiger partial charge in [-0.05, 0) is 5.92 Å². The number of aromatic nitrogens is 2. The van der Waals surface area contributed by atoms with Crippen LogP contribution in [0.15, 0.2) is 11.2 Å². The van der Waals surface area contributed by atoms with Crippen LogP contribution < -0.4 is 0 Å². The lowest BCUT2D eigenvalue weighted by molar-refractivity contribution is -0.387. The highest BCUT2D eigenvalue weighted by Crippen LogP contribution is 2.33. The fourth-order valence-electron chi connectivity index (χ4n) is 1.26. The minimum absolute atomic E-state index is 0.138. The van der Waals surface area contributed by atoms with E-state index in [1.54, 1.807) is 20.9 Å². The van der Waals surface area contributed by atoms with Crippen LogP contribution in [0.2, 0.25) is 0 Å². The SMILES string of the molecule is CC(C)C(Sc1nn(C)cc1[N+](=O)[O-])C(=O)O. The monoisotopic (exact) mass is 259 g/mol. The number of hydrogen-bond acceptors (Lipinski definition) is 5. The summed E-state index contributed by atoms with van der Waals surface area (Å²) in [4.78, 5) is 21.2. The van der Waals surface area contributed by atoms with Crippen molar-refractivity contribution in [3.63, 3.8) is 0 Å². The quantitative estimate of drug-likeness (QED) is 0.489. The summed E-state index contributed by atoms with van der Waals surface area (Å²) in [6, 6.07) is 0. The Bertz CT molecular complexity index is 443. The van der Waals surface area contributed by atoms with Gasteiger partial charge in [0.15, 0.2) is 5.03 Å². The molecule has 1 heterocycles. The van der Waals surface area contributed by atoms with Gasteiger partial charge in [0, 0.05) is 7.05 Å². The summed E-state index contributed by atoms with van der Waals surface area (Å²) in [5.74, 6) is -1.14. The molecule has 8 heteroatoms. The van der Waals surface area contributed by atoms with E-state index in [0.717, 1.165) is 11.8 Å². The smallest absolute Gasteiger partial charge is 0.320 e. The first-order valence-electron chi connectivity index (χ1n) is 4.90. The summed E-state index contributed by atoms with van der Waals surface area (Å²) in [5, 5.41) is 23.1. The number of nitro groups is 1. The standard InChI is InChI=1S/C9H13N3O4S/c1-5(2)7(9(13)14)17-8-6(12(15)16)4-11(3)10-8/h4-5,7H,1-3H3,(H,13,14). The fraction of sp³-hybridized carbons (Fsp3) is 0.556. The van der Waals surface area contributed by atoms with E-state index in [4.69, 9.17) is 5.11 Å². The van der Waals surface area contributed by atoms with Gasteiger partial charge in [-0.25, -0.2) is 0 Å². The van der Waals surface area contributed by atoms with E-state index in [1.807, 2.05) is 0 Å². The van der Waals surface area contributed by atoms with E-state index in [9.17, 15) is 14.9 Å². The summed E-state index contributed by atoms with van der Waals surface area (Å²) < 4.78 is 1.31. The van der Waals surface area contributed by atoms with Gasteiger partial charge in [0.1, 0.15) is 11.4 Å². The fourth-order valence-corrected chi connectivity index (χ4v) is 2.29. The minimum atomic E-state index is -0.995. The van der Waals surface area contributed by atoms with Gasteiger partial charge in [-0.3, -0.25) is 19.6 Å². The second-order valence-corrected chi connectivity index (χ2v) is 5.00. The van der Waals surface area contributed by atoms with Crippen molar-refractivity contribution in [3.8, 4) is 0 Å². The van der Waals surface area contributed by atoms with E-state index in [1.165, 1.54) is 10.9 Å². The Balaban J connectivity index is 3.00. The van der Waals surface area contributed by atoms with Gasteiger partial charge in [0.05, 0.1) is 4.92 Å². The van der Waals surface area contributed by atoms with Crippen LogP contribution in [0.5, 0.6) is 0 Å². The second-order valence-electron chi connectivity index (χ2n) is 3.87. The number of aryl methyl sites for hydroxylation is 1. The summed E-state index contributed by atoms with van der Waals surface area (Å²) in [6.07, 6.45) is 1.27. The molecule has 1 atom stereocenters. The van der Waals surface area contributed by atoms with Crippen LogP contribution in [-0.2, 0) is 11.8 Å². The Morgan fingerprint density at radius 2 is 2.24 bits per heavy atom. The maximum atomic E-state index is 11.0. The Kier molecular flexibility index (Phi) is 4.11. The van der Waals surface area contributed by atoms with Gasteiger partial charge in [-0.2, -0.15) is 5.10 Å². The number of thioether (sulfide) groups is 1. The van der Waals surface area contributed by atoms with E-state index < -0.39 is 16.1 Å². The van der Waals surface area contributed by atoms with E-state index >= 15 is 0 Å². The lowest BCUT2D eigenvalue weighted by atomic mass is 10.1. The first-order chi connectivity index (χ1) is 7.82. The molecule has 94 valence electrons. The molecule has 0 aliphatic heterocycles. The van der Waals surface area contributed by atoms with Gasteiger partial charge in [-0.1, -0.05) is 25.6 Å². The molecule has 7 nitrogen and oxygen atoms in total. The van der Waals surface area contributed by atoms with Gasteiger partial charge in [0.25, 0.3) is 0 Å². The Morgan fingerprint density at radius 1 is 1.65 bits per heavy atom. The normalized spacial score (nSPS) is 12.7. The predicted molar refractivity (Wildman–Crippen MR) is 62.0 cm³/mol. The average molecular weight is 259 g/mol. The van der Waals surface area contributed by atoms with Crippen LogP contribution in [0, 0.1) is 16.0 Å². The largest absolute Gasteiger partial charge is 0.480 e. The van der Waals surface area contributed by atoms with Crippen molar-refractivity contribution in [2.24, 2.45) is 13.0 Å². The maximum absolute atomic E-state index is 11.0. The molecule has 0 aromatic carbocycles. The molecule has 0 amide bonds. The highest BCUT2D eigenvalue weighted by atomic mass is 32.2. The highest BCUT2D eigenvalue weighted by Gasteiger charge is 2.28. The molecular weight excluding hydrogens is 246 g/mol. The molecule has 0 aliphatic carbocycles. The van der Waals surface area contributed by atoms with Crippen molar-refractivity contribution in [1.82, 2.24) is 9.78 Å². The number of aliphatic carboxylic acids is 1. The van der Waals surface area contributed by atoms with Crippen molar-refractivity contribution >= 4 is 23.4 Å². The van der Waals surface area contributed by atoms with E-state index in [0.29, 0.717) is 0 Å². The van der Waals surface area contributed by atoms with Crippen LogP contribution in [-0.4, -0.2) is 31.0 Å². The van der Waals surface area contributed by atoms with Crippen molar-refractivity contribution in [2.45, 2.75) is 24.1 Å². The average Bonchev–Trinajstić information content (AvgIpc) is 2.55. The lowest BCUT2D eigenvalue weighted by Gasteiger charge is -2.13. The molecule has 1 aromatic heterocycles. The Labute approximate surface area is 102 Å². The molecule has 1 aromatic rings. The predicted octanol–water partition coefficient (Wildman–Crippen LogP) is 1.53. The molecule has 0 spiro atoms. The number of carboxylic acids is 1. The molecule has 0 fully saturated rings. The van der Waals surface area contributed by atoms with Gasteiger partial charge in [-0.15, -0.1) is 0 Å². The van der Waals surface area contributed by atoms with Crippen molar-refractivity contribution < 1.29 is 14.8 Å². The summed E-state index contributed by atoms with van der Waals surface area (Å²) in [5.41, 5.74) is -0.163. The number of nitrogens with zero attached hydrogens (tertiary/aromatic N) is 3. The molecule has 0 bridgehead atoms. The van der Waals surface area contributed by atoms with Crippen LogP contribution in [0.1, 0.15) is 13.8 Å². The first-order valence-corrected chi connectivity index (χ1v) is 5.78. The Hall–Kier alpha value is -1.57. The van der Waals surface area contributed by atoms with Gasteiger partial charge in [0.2, 0.25) is 0 Å². The Morgan fingerprint density at radius 3 is 2.65 bits per heavy atom. The number of carboxylic acid groups (broad SMARTS) is 1. The molecule has 1 unspecified atom stereocenters. The molecule has 1 rings (SSSR count). The third-order valence-electron chi connectivity index (χ3n) is 2.06. The van der Waals surface area contributed by atoms with Crippen LogP contribution >= 0.6 is 11.8 Å². The van der Waals surface area contributed by atoms with Crippen molar-refractivity contribution in [2.75, 3.05) is 0 Å². The number of carbonyl (C=O) groups is 1. The third kappa shape index (κ3) is 3.19. The zero-order valence-corrected chi connectivity index (χ0v) is 10.5. The van der Waals surface area contributed by atoms with E-state index in [-0.39, 0.29) is 16.6 Å². The summed E-state index contributed by atoms with van der Waals surface area (Å²) >= 11 is 0.908. The van der Waals surface area contributed by atoms with Gasteiger partial charge < -0.3 is 5.11 Å². The number of hydrogen-bond donors (Lipinski definition) is 1. The second kappa shape index (κ2) is 5.17. The molecule has 0 saturated heterocycles. The van der Waals surface area contributed by atoms with Crippen LogP contribution in [0.3, 0.4) is 0 Å². The zero-order valence-electron chi connectivity index (χ0n) is 9.65. The van der Waals surface area contributed by atoms with Crippen LogP contribution in [0.4, 0.5) is 5.69 Å². The summed E-state index contributed by atoms with van der Waals surface area (Å²) in [7, 11) is 1.56. The third-order valence-corrected chi connectivity index (χ3v) is 3.57. The number of rotatable bonds is 5. The minimum Gasteiger partial charge on any atom is -0.480 e. The first kappa shape index (κ1) is 13.5. The molecule has 0 aliphatic rings. The molecule has 1 N–H and O–H groups in total. The van der Waals surface area contributed by atoms with Crippen molar-refractivity contribution in [1.29, 1.82) is 0 Å². The maximum Gasteiger partial charge on any atom is 0.320 e. The molecular formula is C9H13N3O4S. The molecule has 17 heavy (non-hydrogen) atoms. The molecule has 0 saturated carbocycles. The highest BCUT2D eigenvalue weighted by molar-refractivity contribution is 8.00. The van der Waals surface area contributed by atoms with Gasteiger partial charge >= 0.3 is 11.7 Å². The van der Waals surface area contributed by atoms with E-state index in [2.05, 4.69) is 5.10 Å². The van der Waals surface area contributed by atoms with Crippen LogP contribution in [0.25, 0.3) is 0 Å².